The first-order valence-corrected chi connectivity index (χ1v) is 8.14. The molecule has 136 valence electrons. The molecule has 0 aliphatic carbocycles. The molecule has 25 heavy (non-hydrogen) atoms. The summed E-state index contributed by atoms with van der Waals surface area (Å²) in [6, 6.07) is 3.59. The largest absolute Gasteiger partial charge is 0.493 e. The Balaban J connectivity index is 2.65. The van der Waals surface area contributed by atoms with E-state index in [1.54, 1.807) is 27.0 Å². The van der Waals surface area contributed by atoms with Crippen LogP contribution < -0.4 is 14.8 Å². The van der Waals surface area contributed by atoms with Gasteiger partial charge in [-0.15, -0.1) is 0 Å². The molecule has 7 heteroatoms. The van der Waals surface area contributed by atoms with Gasteiger partial charge in [0.2, 0.25) is 0 Å². The summed E-state index contributed by atoms with van der Waals surface area (Å²) >= 11 is 0. The number of methoxy groups -OCH3 is 2. The van der Waals surface area contributed by atoms with Crippen molar-refractivity contribution in [3.63, 3.8) is 0 Å². The van der Waals surface area contributed by atoms with Crippen molar-refractivity contribution in [2.75, 3.05) is 34.0 Å². The average molecular weight is 349 g/mol. The summed E-state index contributed by atoms with van der Waals surface area (Å²) in [7, 11) is 3.09. The summed E-state index contributed by atoms with van der Waals surface area (Å²) in [6.07, 6.45) is 0.720. The zero-order chi connectivity index (χ0) is 18.4. The Morgan fingerprint density at radius 3 is 2.08 bits per heavy atom. The third-order valence-electron chi connectivity index (χ3n) is 3.78. The molecule has 1 aliphatic heterocycles. The predicted octanol–water partition coefficient (Wildman–Crippen LogP) is 1.69. The maximum absolute atomic E-state index is 12.4. The van der Waals surface area contributed by atoms with Gasteiger partial charge in [-0.3, -0.25) is 0 Å². The highest BCUT2D eigenvalue weighted by Gasteiger charge is 2.30. The van der Waals surface area contributed by atoms with E-state index in [1.165, 1.54) is 7.11 Å². The van der Waals surface area contributed by atoms with Gasteiger partial charge in [-0.05, 0) is 38.0 Å². The summed E-state index contributed by atoms with van der Waals surface area (Å²) in [5.74, 6) is -0.331. The van der Waals surface area contributed by atoms with Crippen LogP contribution in [0.2, 0.25) is 0 Å². The molecule has 1 aromatic carbocycles. The smallest absolute Gasteiger partial charge is 0.347 e. The van der Waals surface area contributed by atoms with E-state index >= 15 is 0 Å². The van der Waals surface area contributed by atoms with Crippen molar-refractivity contribution in [3.8, 4) is 11.5 Å². The quantitative estimate of drug-likeness (QED) is 0.362. The van der Waals surface area contributed by atoms with Gasteiger partial charge in [-0.2, -0.15) is 0 Å². The van der Waals surface area contributed by atoms with Crippen LogP contribution >= 0.6 is 0 Å². The zero-order valence-corrected chi connectivity index (χ0v) is 14.9. The first kappa shape index (κ1) is 18.6. The molecular weight excluding hydrogens is 326 g/mol. The van der Waals surface area contributed by atoms with Gasteiger partial charge in [0.05, 0.1) is 33.1 Å². The second-order valence-corrected chi connectivity index (χ2v) is 5.23. The van der Waals surface area contributed by atoms with Crippen LogP contribution in [0.4, 0.5) is 0 Å². The minimum Gasteiger partial charge on any atom is -0.493 e. The third kappa shape index (κ3) is 3.87. The van der Waals surface area contributed by atoms with Crippen LogP contribution in [-0.4, -0.2) is 45.9 Å². The number of hydrogen-bond acceptors (Lipinski definition) is 7. The van der Waals surface area contributed by atoms with E-state index in [0.717, 1.165) is 12.0 Å². The number of carbonyl (C=O) groups excluding carboxylic acids is 2. The molecule has 0 atom stereocenters. The van der Waals surface area contributed by atoms with Crippen LogP contribution in [0.15, 0.2) is 17.7 Å². The Morgan fingerprint density at radius 2 is 1.56 bits per heavy atom. The topological polar surface area (TPSA) is 83.1 Å². The lowest BCUT2D eigenvalue weighted by Gasteiger charge is -2.24. The monoisotopic (exact) mass is 349 g/mol. The van der Waals surface area contributed by atoms with Crippen LogP contribution in [0.5, 0.6) is 11.5 Å². The Labute approximate surface area is 146 Å². The highest BCUT2D eigenvalue weighted by Crippen LogP contribution is 2.36. The second-order valence-electron chi connectivity index (χ2n) is 5.23. The number of rotatable bonds is 6. The molecule has 0 radical (unpaired) electrons. The van der Waals surface area contributed by atoms with Crippen molar-refractivity contribution in [1.29, 1.82) is 0 Å². The normalized spacial score (nSPS) is 12.6. The van der Waals surface area contributed by atoms with Crippen molar-refractivity contribution in [1.82, 2.24) is 5.32 Å². The minimum atomic E-state index is -0.717. The molecule has 0 aromatic heterocycles. The fourth-order valence-electron chi connectivity index (χ4n) is 2.70. The average Bonchev–Trinajstić information content (AvgIpc) is 2.61. The molecule has 1 aliphatic rings. The van der Waals surface area contributed by atoms with Crippen molar-refractivity contribution in [3.05, 3.63) is 28.8 Å². The van der Waals surface area contributed by atoms with Gasteiger partial charge >= 0.3 is 11.9 Å². The summed E-state index contributed by atoms with van der Waals surface area (Å²) in [5, 5.41) is 3.12. The molecule has 0 bridgehead atoms. The van der Waals surface area contributed by atoms with Crippen LogP contribution in [0, 0.1) is 0 Å². The third-order valence-corrected chi connectivity index (χ3v) is 3.78. The van der Waals surface area contributed by atoms with Gasteiger partial charge in [0, 0.05) is 12.1 Å². The van der Waals surface area contributed by atoms with Crippen LogP contribution in [0.1, 0.15) is 25.0 Å². The standard InChI is InChI=1S/C18H23NO6/c1-5-24-17(20)15(18(21)25-6-2)16-12-10-14(23-4)13(22-3)9-11(12)7-8-19-16/h9-10,19H,5-8H2,1-4H3. The molecule has 0 saturated heterocycles. The fraction of sp³-hybridized carbons (Fsp3) is 0.444. The molecule has 1 N–H and O–H groups in total. The van der Waals surface area contributed by atoms with E-state index in [0.29, 0.717) is 29.3 Å². The minimum absolute atomic E-state index is 0.142. The molecule has 0 fully saturated rings. The van der Waals surface area contributed by atoms with Gasteiger partial charge in [0.15, 0.2) is 17.1 Å². The van der Waals surface area contributed by atoms with E-state index in [9.17, 15) is 9.59 Å². The van der Waals surface area contributed by atoms with E-state index in [-0.39, 0.29) is 18.8 Å². The van der Waals surface area contributed by atoms with Crippen molar-refractivity contribution < 1.29 is 28.5 Å². The Bertz CT molecular complexity index is 675. The summed E-state index contributed by atoms with van der Waals surface area (Å²) in [4.78, 5) is 24.7. The van der Waals surface area contributed by atoms with Gasteiger partial charge in [0.1, 0.15) is 0 Å². The molecule has 2 rings (SSSR count). The Hall–Kier alpha value is -2.70. The van der Waals surface area contributed by atoms with Crippen LogP contribution in [-0.2, 0) is 25.5 Å². The lowest BCUT2D eigenvalue weighted by molar-refractivity contribution is -0.146. The SMILES string of the molecule is CCOC(=O)C(C(=O)OCC)=C1NCCc2cc(OC)c(OC)cc21. The van der Waals surface area contributed by atoms with Gasteiger partial charge in [-0.25, -0.2) is 9.59 Å². The molecule has 7 nitrogen and oxygen atoms in total. The molecule has 0 saturated carbocycles. The Morgan fingerprint density at radius 1 is 1.00 bits per heavy atom. The molecule has 1 aromatic rings. The number of esters is 2. The van der Waals surface area contributed by atoms with Crippen molar-refractivity contribution >= 4 is 17.6 Å². The van der Waals surface area contributed by atoms with Gasteiger partial charge < -0.3 is 24.3 Å². The maximum Gasteiger partial charge on any atom is 0.347 e. The maximum atomic E-state index is 12.4. The summed E-state index contributed by atoms with van der Waals surface area (Å²) < 4.78 is 20.8. The second kappa shape index (κ2) is 8.41. The Kier molecular flexibility index (Phi) is 6.27. The first-order chi connectivity index (χ1) is 12.1. The van der Waals surface area contributed by atoms with Crippen LogP contribution in [0.25, 0.3) is 5.70 Å². The van der Waals surface area contributed by atoms with E-state index in [4.69, 9.17) is 18.9 Å². The number of benzene rings is 1. The lowest BCUT2D eigenvalue weighted by Crippen LogP contribution is -2.30. The van der Waals surface area contributed by atoms with Gasteiger partial charge in [0.25, 0.3) is 0 Å². The number of ether oxygens (including phenoxy) is 4. The molecule has 0 unspecified atom stereocenters. The summed E-state index contributed by atoms with van der Waals surface area (Å²) in [6.45, 7) is 4.25. The molecule has 1 heterocycles. The number of carbonyl (C=O) groups is 2. The number of fused-ring (bicyclic) bond motifs is 1. The van der Waals surface area contributed by atoms with Gasteiger partial charge in [-0.1, -0.05) is 0 Å². The zero-order valence-electron chi connectivity index (χ0n) is 14.9. The predicted molar refractivity (Wildman–Crippen MR) is 91.4 cm³/mol. The van der Waals surface area contributed by atoms with Crippen molar-refractivity contribution in [2.45, 2.75) is 20.3 Å². The molecular formula is C18H23NO6. The van der Waals surface area contributed by atoms with Crippen LogP contribution in [0.3, 0.4) is 0 Å². The lowest BCUT2D eigenvalue weighted by atomic mass is 9.94. The highest BCUT2D eigenvalue weighted by atomic mass is 16.6. The molecule has 0 amide bonds. The number of nitrogens with one attached hydrogen (secondary N) is 1. The molecule has 0 spiro atoms. The van der Waals surface area contributed by atoms with E-state index in [2.05, 4.69) is 5.32 Å². The number of hydrogen-bond donors (Lipinski definition) is 1. The van der Waals surface area contributed by atoms with Crippen molar-refractivity contribution in [2.24, 2.45) is 0 Å². The van der Waals surface area contributed by atoms with E-state index in [1.807, 2.05) is 6.07 Å². The fourth-order valence-corrected chi connectivity index (χ4v) is 2.70. The summed E-state index contributed by atoms with van der Waals surface area (Å²) in [5.41, 5.74) is 1.88. The highest BCUT2D eigenvalue weighted by molar-refractivity contribution is 6.20. The van der Waals surface area contributed by atoms with E-state index < -0.39 is 11.9 Å². The first-order valence-electron chi connectivity index (χ1n) is 8.14.